The van der Waals surface area contributed by atoms with E-state index in [1.54, 1.807) is 4.90 Å². The zero-order valence-electron chi connectivity index (χ0n) is 31.2. The number of benzene rings is 3. The quantitative estimate of drug-likeness (QED) is 0.129. The van der Waals surface area contributed by atoms with Crippen LogP contribution in [0.15, 0.2) is 85.1 Å². The lowest BCUT2D eigenvalue weighted by Crippen LogP contribution is -2.46. The number of ether oxygens (including phenoxy) is 1. The molecule has 3 aromatic heterocycles. The Morgan fingerprint density at radius 2 is 1.49 bits per heavy atom. The Kier molecular flexibility index (Phi) is 9.78. The van der Waals surface area contributed by atoms with Crippen LogP contribution in [0.1, 0.15) is 74.9 Å². The van der Waals surface area contributed by atoms with Gasteiger partial charge in [0.05, 0.1) is 42.8 Å². The highest BCUT2D eigenvalue weighted by molar-refractivity contribution is 5.91. The first-order valence-corrected chi connectivity index (χ1v) is 18.9. The fourth-order valence-electron chi connectivity index (χ4n) is 7.84. The molecule has 3 aromatic carbocycles. The van der Waals surface area contributed by atoms with Crippen molar-refractivity contribution in [3.8, 4) is 22.5 Å². The maximum absolute atomic E-state index is 13.9. The molecule has 2 aliphatic heterocycles. The normalized spacial score (nSPS) is 18.3. The van der Waals surface area contributed by atoms with E-state index in [0.717, 1.165) is 64.8 Å². The van der Waals surface area contributed by atoms with Gasteiger partial charge in [0, 0.05) is 24.2 Å². The van der Waals surface area contributed by atoms with Gasteiger partial charge in [-0.2, -0.15) is 0 Å². The number of methoxy groups -OCH3 is 1. The number of hydrogen-bond donors (Lipinski definition) is 4. The zero-order valence-corrected chi connectivity index (χ0v) is 31.2. The average molecular weight is 740 g/mol. The Labute approximate surface area is 318 Å². The van der Waals surface area contributed by atoms with Gasteiger partial charge in [0.2, 0.25) is 5.91 Å². The van der Waals surface area contributed by atoms with Gasteiger partial charge in [-0.15, -0.1) is 0 Å². The number of carbonyl (C=O) groups is 3. The molecule has 5 heterocycles. The van der Waals surface area contributed by atoms with Crippen molar-refractivity contribution in [1.82, 2.24) is 40.0 Å². The van der Waals surface area contributed by atoms with Crippen LogP contribution < -0.4 is 11.1 Å². The van der Waals surface area contributed by atoms with Crippen LogP contribution in [0.5, 0.6) is 0 Å². The van der Waals surface area contributed by atoms with Crippen LogP contribution >= 0.6 is 0 Å². The first-order chi connectivity index (χ1) is 26.7. The molecule has 8 rings (SSSR count). The van der Waals surface area contributed by atoms with Gasteiger partial charge in [0.15, 0.2) is 5.65 Å². The molecule has 2 saturated heterocycles. The van der Waals surface area contributed by atoms with E-state index >= 15 is 0 Å². The second-order valence-electron chi connectivity index (χ2n) is 14.8. The van der Waals surface area contributed by atoms with Crippen LogP contribution in [0.3, 0.4) is 0 Å². The van der Waals surface area contributed by atoms with Gasteiger partial charge in [-0.1, -0.05) is 68.4 Å². The summed E-state index contributed by atoms with van der Waals surface area (Å²) in [6, 6.07) is 23.9. The number of imidazole rings is 2. The molecule has 2 fully saturated rings. The minimum absolute atomic E-state index is 0.0189. The molecule has 13 heteroatoms. The van der Waals surface area contributed by atoms with E-state index in [0.29, 0.717) is 35.6 Å². The lowest BCUT2D eigenvalue weighted by atomic mass is 10.0. The van der Waals surface area contributed by atoms with Gasteiger partial charge >= 0.3 is 6.09 Å². The lowest BCUT2D eigenvalue weighted by Gasteiger charge is -2.28. The molecule has 2 aliphatic rings. The summed E-state index contributed by atoms with van der Waals surface area (Å²) >= 11 is 0. The number of pyridine rings is 1. The highest BCUT2D eigenvalue weighted by Gasteiger charge is 2.38. The first-order valence-electron chi connectivity index (χ1n) is 18.9. The fraction of sp³-hybridized carbons (Fsp3) is 0.333. The highest BCUT2D eigenvalue weighted by Crippen LogP contribution is 2.36. The molecule has 0 aliphatic carbocycles. The number of nitrogens with two attached hydrogens (primary N) is 1. The Morgan fingerprint density at radius 1 is 0.818 bits per heavy atom. The summed E-state index contributed by atoms with van der Waals surface area (Å²) in [6.07, 6.45) is 4.48. The van der Waals surface area contributed by atoms with Crippen LogP contribution in [0.25, 0.3) is 44.5 Å². The van der Waals surface area contributed by atoms with E-state index in [1.165, 1.54) is 7.11 Å². The Balaban J connectivity index is 1.00. The maximum Gasteiger partial charge on any atom is 0.407 e. The van der Waals surface area contributed by atoms with Gasteiger partial charge in [-0.25, -0.2) is 19.7 Å². The van der Waals surface area contributed by atoms with Gasteiger partial charge < -0.3 is 35.6 Å². The number of fused-ring (bicyclic) bond motifs is 2. The number of carbonyl (C=O) groups excluding carboxylic acids is 3. The van der Waals surface area contributed by atoms with Gasteiger partial charge in [0.1, 0.15) is 23.2 Å². The smallest absolute Gasteiger partial charge is 0.407 e. The van der Waals surface area contributed by atoms with Crippen LogP contribution in [0, 0.1) is 5.92 Å². The molecule has 6 aromatic rings. The summed E-state index contributed by atoms with van der Waals surface area (Å²) in [7, 11) is 1.28. The summed E-state index contributed by atoms with van der Waals surface area (Å²) < 4.78 is 4.83. The molecule has 4 atom stereocenters. The number of alkyl carbamates (subject to hydrolysis) is 1. The predicted molar refractivity (Wildman–Crippen MR) is 209 cm³/mol. The summed E-state index contributed by atoms with van der Waals surface area (Å²) in [5.74, 6) is 1.28. The highest BCUT2D eigenvalue weighted by atomic mass is 16.5. The van der Waals surface area contributed by atoms with Crippen LogP contribution in [0.2, 0.25) is 0 Å². The standard InChI is InChI=1S/C42H45N9O4/c1-24(2)35(43)40(52)50-19-7-11-33(50)38-44-23-32(47-38)29-16-14-26-21-28(15-13-27(26)22-29)30-17-18-31-37(45-30)49-39(46-31)34-12-8-20-51(34)41(53)36(48-42(54)55-3)25-9-5-4-6-10-25/h4-6,9-10,13-18,21-24,33-36H,7-8,11-12,19-20,43H2,1-3H3,(H,44,47)(H,48,54)(H,45,46,49)/t33-,34-,35-,36+/m0/s1. The van der Waals surface area contributed by atoms with E-state index in [1.807, 2.05) is 67.4 Å². The molecule has 282 valence electrons. The number of H-pyrrole nitrogens is 2. The molecule has 0 spiro atoms. The second-order valence-corrected chi connectivity index (χ2v) is 14.8. The van der Waals surface area contributed by atoms with Gasteiger partial charge in [-0.3, -0.25) is 9.59 Å². The second kappa shape index (κ2) is 15.0. The van der Waals surface area contributed by atoms with E-state index in [-0.39, 0.29) is 29.8 Å². The molecule has 0 radical (unpaired) electrons. The van der Waals surface area contributed by atoms with Crippen molar-refractivity contribution in [1.29, 1.82) is 0 Å². The summed E-state index contributed by atoms with van der Waals surface area (Å²) in [6.45, 7) is 5.17. The monoisotopic (exact) mass is 739 g/mol. The van der Waals surface area contributed by atoms with Crippen molar-refractivity contribution in [2.45, 2.75) is 63.7 Å². The van der Waals surface area contributed by atoms with Crippen LogP contribution in [0.4, 0.5) is 4.79 Å². The number of rotatable bonds is 9. The molecule has 0 unspecified atom stereocenters. The number of aromatic nitrogens is 5. The molecule has 3 amide bonds. The number of hydrogen-bond acceptors (Lipinski definition) is 8. The minimum atomic E-state index is -0.890. The van der Waals surface area contributed by atoms with Crippen LogP contribution in [-0.4, -0.2) is 78.9 Å². The Hall–Kier alpha value is -6.08. The lowest BCUT2D eigenvalue weighted by molar-refractivity contribution is -0.135. The fourth-order valence-corrected chi connectivity index (χ4v) is 7.84. The van der Waals surface area contributed by atoms with Crippen LogP contribution in [-0.2, 0) is 14.3 Å². The van der Waals surface area contributed by atoms with E-state index in [2.05, 4.69) is 51.7 Å². The van der Waals surface area contributed by atoms with Crippen molar-refractivity contribution in [2.75, 3.05) is 20.2 Å². The van der Waals surface area contributed by atoms with Crippen molar-refractivity contribution in [3.63, 3.8) is 0 Å². The van der Waals surface area contributed by atoms with E-state index in [4.69, 9.17) is 25.4 Å². The number of nitrogens with zero attached hydrogens (tertiary/aromatic N) is 5. The van der Waals surface area contributed by atoms with Crippen molar-refractivity contribution < 1.29 is 19.1 Å². The Bertz CT molecular complexity index is 2370. The number of amides is 3. The van der Waals surface area contributed by atoms with Crippen molar-refractivity contribution in [3.05, 3.63) is 102 Å². The van der Waals surface area contributed by atoms with Crippen molar-refractivity contribution >= 4 is 39.8 Å². The zero-order chi connectivity index (χ0) is 38.2. The molecular formula is C42H45N9O4. The molecule has 5 N–H and O–H groups in total. The molecule has 55 heavy (non-hydrogen) atoms. The average Bonchev–Trinajstić information content (AvgIpc) is 4.05. The number of nitrogens with one attached hydrogen (secondary N) is 3. The summed E-state index contributed by atoms with van der Waals surface area (Å²) in [5.41, 5.74) is 11.9. The summed E-state index contributed by atoms with van der Waals surface area (Å²) in [4.78, 5) is 64.3. The number of likely N-dealkylation sites (tertiary alicyclic amines) is 2. The number of aromatic amines is 2. The third-order valence-electron chi connectivity index (χ3n) is 10.9. The third kappa shape index (κ3) is 7.03. The minimum Gasteiger partial charge on any atom is -0.453 e. The van der Waals surface area contributed by atoms with Crippen molar-refractivity contribution in [2.24, 2.45) is 11.7 Å². The molecule has 13 nitrogen and oxygen atoms in total. The predicted octanol–water partition coefficient (Wildman–Crippen LogP) is 6.58. The largest absolute Gasteiger partial charge is 0.453 e. The van der Waals surface area contributed by atoms with Gasteiger partial charge in [-0.05, 0) is 72.2 Å². The van der Waals surface area contributed by atoms with E-state index in [9.17, 15) is 14.4 Å². The summed E-state index contributed by atoms with van der Waals surface area (Å²) in [5, 5.41) is 4.85. The Morgan fingerprint density at radius 3 is 2.20 bits per heavy atom. The third-order valence-corrected chi connectivity index (χ3v) is 10.9. The maximum atomic E-state index is 13.9. The molecule has 0 bridgehead atoms. The first kappa shape index (κ1) is 35.9. The van der Waals surface area contributed by atoms with Gasteiger partial charge in [0.25, 0.3) is 5.91 Å². The SMILES string of the molecule is COC(=O)N[C@@H](C(=O)N1CCC[C@H]1c1nc2ccc(-c3ccc4cc(-c5cnc([C@@H]6CCCN6C(=O)[C@@H](N)C(C)C)[nH]5)ccc4c3)nc2[nH]1)c1ccccc1. The molecule has 0 saturated carbocycles. The molecular weight excluding hydrogens is 695 g/mol. The topological polar surface area (TPSA) is 175 Å². The van der Waals surface area contributed by atoms with E-state index < -0.39 is 18.2 Å².